The Bertz CT molecular complexity index is 953. The van der Waals surface area contributed by atoms with Crippen LogP contribution in [0, 0.1) is 6.92 Å². The topological polar surface area (TPSA) is 74.2 Å². The number of carbonyl (C=O) groups excluding carboxylic acids is 1. The molecule has 0 unspecified atom stereocenters. The third-order valence-electron chi connectivity index (χ3n) is 5.16. The van der Waals surface area contributed by atoms with E-state index in [0.29, 0.717) is 12.2 Å². The molecule has 0 radical (unpaired) electrons. The number of aryl methyl sites for hydroxylation is 1. The molecular weight excluding hydrogens is 364 g/mol. The van der Waals surface area contributed by atoms with Gasteiger partial charge in [-0.15, -0.1) is 10.2 Å². The van der Waals surface area contributed by atoms with E-state index in [1.807, 2.05) is 61.7 Å². The summed E-state index contributed by atoms with van der Waals surface area (Å²) in [7, 11) is 0. The van der Waals surface area contributed by atoms with Crippen LogP contribution in [-0.4, -0.2) is 47.3 Å². The number of amides is 1. The highest BCUT2D eigenvalue weighted by atomic mass is 16.1. The molecule has 0 spiro atoms. The fourth-order valence-corrected chi connectivity index (χ4v) is 3.39. The van der Waals surface area contributed by atoms with Gasteiger partial charge in [0.05, 0.1) is 0 Å². The third-order valence-corrected chi connectivity index (χ3v) is 5.16. The molecule has 148 valence electrons. The molecule has 3 heterocycles. The predicted octanol–water partition coefficient (Wildman–Crippen LogP) is 2.44. The van der Waals surface area contributed by atoms with Crippen LogP contribution >= 0.6 is 0 Å². The summed E-state index contributed by atoms with van der Waals surface area (Å²) in [5, 5.41) is 11.3. The number of carbonyl (C=O) groups is 1. The summed E-state index contributed by atoms with van der Waals surface area (Å²) in [4.78, 5) is 21.2. The summed E-state index contributed by atoms with van der Waals surface area (Å²) in [6.45, 7) is 5.93. The van der Waals surface area contributed by atoms with Gasteiger partial charge >= 0.3 is 0 Å². The number of benzene rings is 1. The lowest BCUT2D eigenvalue weighted by molar-refractivity contribution is 0.0945. The van der Waals surface area contributed by atoms with Gasteiger partial charge in [-0.2, -0.15) is 0 Å². The first-order chi connectivity index (χ1) is 14.2. The van der Waals surface area contributed by atoms with Gasteiger partial charge in [-0.3, -0.25) is 4.79 Å². The Hall–Kier alpha value is -3.48. The maximum atomic E-state index is 12.4. The Morgan fingerprint density at radius 3 is 2.28 bits per heavy atom. The summed E-state index contributed by atoms with van der Waals surface area (Å²) < 4.78 is 0. The molecule has 1 saturated heterocycles. The van der Waals surface area contributed by atoms with Crippen molar-refractivity contribution in [3.63, 3.8) is 0 Å². The Morgan fingerprint density at radius 1 is 0.897 bits per heavy atom. The standard InChI is InChI=1S/C22H24N6O/c1-17-6-2-3-7-18(17)16-24-22(29)19-9-10-21(26-25-19)28-14-12-27(13-15-28)20-8-4-5-11-23-20/h2-11H,12-16H2,1H3,(H,24,29). The molecule has 1 amide bonds. The predicted molar refractivity (Wildman–Crippen MR) is 113 cm³/mol. The fraction of sp³-hybridized carbons (Fsp3) is 0.273. The van der Waals surface area contributed by atoms with Crippen molar-refractivity contribution in [2.45, 2.75) is 13.5 Å². The van der Waals surface area contributed by atoms with Crippen molar-refractivity contribution in [2.75, 3.05) is 36.0 Å². The lowest BCUT2D eigenvalue weighted by atomic mass is 10.1. The fourth-order valence-electron chi connectivity index (χ4n) is 3.39. The van der Waals surface area contributed by atoms with Gasteiger partial charge in [0.1, 0.15) is 5.82 Å². The van der Waals surface area contributed by atoms with Gasteiger partial charge in [-0.1, -0.05) is 30.3 Å². The number of anilines is 2. The second kappa shape index (κ2) is 8.68. The molecule has 0 saturated carbocycles. The lowest BCUT2D eigenvalue weighted by Crippen LogP contribution is -2.47. The number of piperazine rings is 1. The zero-order valence-electron chi connectivity index (χ0n) is 16.5. The molecule has 1 fully saturated rings. The van der Waals surface area contributed by atoms with Crippen molar-refractivity contribution in [3.05, 3.63) is 77.6 Å². The van der Waals surface area contributed by atoms with E-state index < -0.39 is 0 Å². The minimum absolute atomic E-state index is 0.215. The molecule has 0 aliphatic carbocycles. The van der Waals surface area contributed by atoms with Crippen molar-refractivity contribution in [1.29, 1.82) is 0 Å². The molecule has 7 nitrogen and oxygen atoms in total. The minimum atomic E-state index is -0.215. The number of hydrogen-bond acceptors (Lipinski definition) is 6. The molecule has 3 aromatic rings. The van der Waals surface area contributed by atoms with Gasteiger partial charge in [-0.25, -0.2) is 4.98 Å². The Labute approximate surface area is 170 Å². The second-order valence-electron chi connectivity index (χ2n) is 7.05. The zero-order chi connectivity index (χ0) is 20.1. The van der Waals surface area contributed by atoms with Crippen LogP contribution < -0.4 is 15.1 Å². The van der Waals surface area contributed by atoms with Crippen LogP contribution in [0.4, 0.5) is 11.6 Å². The van der Waals surface area contributed by atoms with Gasteiger partial charge in [0.15, 0.2) is 11.5 Å². The average molecular weight is 388 g/mol. The smallest absolute Gasteiger partial charge is 0.272 e. The van der Waals surface area contributed by atoms with Crippen LogP contribution in [0.1, 0.15) is 21.6 Å². The largest absolute Gasteiger partial charge is 0.353 e. The van der Waals surface area contributed by atoms with E-state index in [9.17, 15) is 4.79 Å². The third kappa shape index (κ3) is 4.51. The highest BCUT2D eigenvalue weighted by Crippen LogP contribution is 2.17. The van der Waals surface area contributed by atoms with Gasteiger partial charge in [0, 0.05) is 38.9 Å². The first-order valence-electron chi connectivity index (χ1n) is 9.78. The normalized spacial score (nSPS) is 14.0. The summed E-state index contributed by atoms with van der Waals surface area (Å²) in [5.74, 6) is 1.58. The van der Waals surface area contributed by atoms with E-state index in [1.54, 1.807) is 6.07 Å². The van der Waals surface area contributed by atoms with Crippen molar-refractivity contribution in [3.8, 4) is 0 Å². The highest BCUT2D eigenvalue weighted by Gasteiger charge is 2.19. The average Bonchev–Trinajstić information content (AvgIpc) is 2.79. The number of pyridine rings is 1. The number of nitrogens with one attached hydrogen (secondary N) is 1. The Morgan fingerprint density at radius 2 is 1.62 bits per heavy atom. The van der Waals surface area contributed by atoms with Crippen molar-refractivity contribution < 1.29 is 4.79 Å². The van der Waals surface area contributed by atoms with Crippen LogP contribution in [0.2, 0.25) is 0 Å². The van der Waals surface area contributed by atoms with E-state index >= 15 is 0 Å². The van der Waals surface area contributed by atoms with Crippen LogP contribution in [0.5, 0.6) is 0 Å². The summed E-state index contributed by atoms with van der Waals surface area (Å²) in [6, 6.07) is 17.6. The molecular formula is C22H24N6O. The molecule has 29 heavy (non-hydrogen) atoms. The first kappa shape index (κ1) is 18.9. The molecule has 7 heteroatoms. The molecule has 1 aromatic carbocycles. The highest BCUT2D eigenvalue weighted by molar-refractivity contribution is 5.92. The van der Waals surface area contributed by atoms with Crippen molar-refractivity contribution >= 4 is 17.5 Å². The van der Waals surface area contributed by atoms with Crippen LogP contribution in [0.3, 0.4) is 0 Å². The molecule has 1 N–H and O–H groups in total. The monoisotopic (exact) mass is 388 g/mol. The van der Waals surface area contributed by atoms with E-state index in [2.05, 4.69) is 30.3 Å². The SMILES string of the molecule is Cc1ccccc1CNC(=O)c1ccc(N2CCN(c3ccccn3)CC2)nn1. The Kier molecular flexibility index (Phi) is 5.65. The maximum absolute atomic E-state index is 12.4. The molecule has 1 aliphatic rings. The maximum Gasteiger partial charge on any atom is 0.272 e. The van der Waals surface area contributed by atoms with Gasteiger partial charge in [0.2, 0.25) is 0 Å². The van der Waals surface area contributed by atoms with Gasteiger partial charge < -0.3 is 15.1 Å². The number of nitrogens with zero attached hydrogens (tertiary/aromatic N) is 5. The van der Waals surface area contributed by atoms with E-state index in [4.69, 9.17) is 0 Å². The van der Waals surface area contributed by atoms with Crippen molar-refractivity contribution in [1.82, 2.24) is 20.5 Å². The quantitative estimate of drug-likeness (QED) is 0.724. The van der Waals surface area contributed by atoms with Crippen LogP contribution in [0.25, 0.3) is 0 Å². The number of rotatable bonds is 5. The molecule has 4 rings (SSSR count). The summed E-state index contributed by atoms with van der Waals surface area (Å²) in [6.07, 6.45) is 1.82. The number of hydrogen-bond donors (Lipinski definition) is 1. The van der Waals surface area contributed by atoms with Crippen LogP contribution in [-0.2, 0) is 6.54 Å². The molecule has 0 atom stereocenters. The van der Waals surface area contributed by atoms with E-state index in [1.165, 1.54) is 0 Å². The molecule has 0 bridgehead atoms. The van der Waals surface area contributed by atoms with Gasteiger partial charge in [0.25, 0.3) is 5.91 Å². The first-order valence-corrected chi connectivity index (χ1v) is 9.78. The Balaban J connectivity index is 1.32. The molecule has 1 aliphatic heterocycles. The van der Waals surface area contributed by atoms with E-state index in [0.717, 1.165) is 48.9 Å². The second-order valence-corrected chi connectivity index (χ2v) is 7.05. The van der Waals surface area contributed by atoms with Crippen molar-refractivity contribution in [2.24, 2.45) is 0 Å². The minimum Gasteiger partial charge on any atom is -0.353 e. The summed E-state index contributed by atoms with van der Waals surface area (Å²) >= 11 is 0. The lowest BCUT2D eigenvalue weighted by Gasteiger charge is -2.35. The van der Waals surface area contributed by atoms with E-state index in [-0.39, 0.29) is 5.91 Å². The molecule has 2 aromatic heterocycles. The zero-order valence-corrected chi connectivity index (χ0v) is 16.5. The summed E-state index contributed by atoms with van der Waals surface area (Å²) in [5.41, 5.74) is 2.57. The van der Waals surface area contributed by atoms with Crippen LogP contribution in [0.15, 0.2) is 60.8 Å². The van der Waals surface area contributed by atoms with Gasteiger partial charge in [-0.05, 0) is 42.3 Å². The number of aromatic nitrogens is 3.